The Morgan fingerprint density at radius 1 is 1.19 bits per heavy atom. The minimum atomic E-state index is -0.0575. The van der Waals surface area contributed by atoms with Gasteiger partial charge in [-0.25, -0.2) is 0 Å². The van der Waals surface area contributed by atoms with Crippen molar-refractivity contribution in [2.24, 2.45) is 0 Å². The average molecular weight is 398 g/mol. The van der Waals surface area contributed by atoms with E-state index in [1.807, 2.05) is 18.2 Å². The van der Waals surface area contributed by atoms with Crippen LogP contribution in [0.5, 0.6) is 11.5 Å². The lowest BCUT2D eigenvalue weighted by Gasteiger charge is -2.31. The van der Waals surface area contributed by atoms with Crippen LogP contribution in [0.3, 0.4) is 0 Å². The number of nitrogens with zero attached hydrogens (tertiary/aromatic N) is 4. The number of hydrogen-bond donors (Lipinski definition) is 1. The molecule has 0 spiro atoms. The lowest BCUT2D eigenvalue weighted by atomic mass is 10.2. The van der Waals surface area contributed by atoms with Crippen molar-refractivity contribution in [1.29, 1.82) is 0 Å². The largest absolute Gasteiger partial charge is 0.454 e. The highest BCUT2D eigenvalue weighted by Crippen LogP contribution is 2.37. The SMILES string of the molecule is CN1CCN(CC(=O)Nc2nnc(-c3ccc4c(c3)OCO4)s2)CC1.Cl. The summed E-state index contributed by atoms with van der Waals surface area (Å²) in [6.07, 6.45) is 0. The molecule has 1 amide bonds. The zero-order chi connectivity index (χ0) is 17.2. The summed E-state index contributed by atoms with van der Waals surface area (Å²) in [4.78, 5) is 16.6. The molecule has 2 aliphatic heterocycles. The van der Waals surface area contributed by atoms with Gasteiger partial charge in [0.2, 0.25) is 17.8 Å². The Morgan fingerprint density at radius 3 is 2.77 bits per heavy atom. The quantitative estimate of drug-likeness (QED) is 0.838. The molecule has 2 aliphatic rings. The standard InChI is InChI=1S/C16H19N5O3S.ClH/c1-20-4-6-21(7-5-20)9-14(22)17-16-19-18-15(25-16)11-2-3-12-13(8-11)24-10-23-12;/h2-3,8H,4-7,9-10H2,1H3,(H,17,19,22);1H. The predicted molar refractivity (Wildman–Crippen MR) is 101 cm³/mol. The van der Waals surface area contributed by atoms with Gasteiger partial charge in [-0.1, -0.05) is 11.3 Å². The Hall–Kier alpha value is -1.94. The van der Waals surface area contributed by atoms with E-state index < -0.39 is 0 Å². The van der Waals surface area contributed by atoms with Gasteiger partial charge in [-0.3, -0.25) is 15.0 Å². The maximum Gasteiger partial charge on any atom is 0.240 e. The first kappa shape index (κ1) is 18.8. The summed E-state index contributed by atoms with van der Waals surface area (Å²) in [7, 11) is 2.09. The van der Waals surface area contributed by atoms with Gasteiger partial charge in [-0.05, 0) is 25.2 Å². The van der Waals surface area contributed by atoms with E-state index in [9.17, 15) is 4.79 Å². The van der Waals surface area contributed by atoms with E-state index in [4.69, 9.17) is 9.47 Å². The van der Waals surface area contributed by atoms with Gasteiger partial charge in [0, 0.05) is 31.7 Å². The van der Waals surface area contributed by atoms with Gasteiger partial charge in [0.15, 0.2) is 11.5 Å². The van der Waals surface area contributed by atoms with Gasteiger partial charge >= 0.3 is 0 Å². The van der Waals surface area contributed by atoms with Crippen LogP contribution in [0, 0.1) is 0 Å². The summed E-state index contributed by atoms with van der Waals surface area (Å²) in [5, 5.41) is 12.3. The Labute approximate surface area is 161 Å². The van der Waals surface area contributed by atoms with Gasteiger partial charge in [0.05, 0.1) is 6.54 Å². The Balaban J connectivity index is 0.00000196. The van der Waals surface area contributed by atoms with Crippen molar-refractivity contribution < 1.29 is 14.3 Å². The van der Waals surface area contributed by atoms with Crippen molar-refractivity contribution >= 4 is 34.8 Å². The smallest absolute Gasteiger partial charge is 0.240 e. The molecule has 2 aromatic rings. The van der Waals surface area contributed by atoms with Crippen LogP contribution in [0.15, 0.2) is 18.2 Å². The van der Waals surface area contributed by atoms with Gasteiger partial charge in [0.1, 0.15) is 5.01 Å². The minimum absolute atomic E-state index is 0. The van der Waals surface area contributed by atoms with Crippen molar-refractivity contribution in [1.82, 2.24) is 20.0 Å². The summed E-state index contributed by atoms with van der Waals surface area (Å²) in [6, 6.07) is 5.63. The molecule has 26 heavy (non-hydrogen) atoms. The van der Waals surface area contributed by atoms with Gasteiger partial charge in [-0.15, -0.1) is 22.6 Å². The summed E-state index contributed by atoms with van der Waals surface area (Å²) in [5.41, 5.74) is 0.890. The Kier molecular flexibility index (Phi) is 5.92. The number of fused-ring (bicyclic) bond motifs is 1. The minimum Gasteiger partial charge on any atom is -0.454 e. The molecule has 1 aromatic heterocycles. The lowest BCUT2D eigenvalue weighted by molar-refractivity contribution is -0.117. The first-order chi connectivity index (χ1) is 12.2. The van der Waals surface area contributed by atoms with Crippen LogP contribution in [0.4, 0.5) is 5.13 Å². The molecular weight excluding hydrogens is 378 g/mol. The van der Waals surface area contributed by atoms with E-state index in [-0.39, 0.29) is 25.1 Å². The van der Waals surface area contributed by atoms with Crippen LogP contribution < -0.4 is 14.8 Å². The fourth-order valence-corrected chi connectivity index (χ4v) is 3.54. The number of anilines is 1. The summed E-state index contributed by atoms with van der Waals surface area (Å²) in [6.45, 7) is 4.40. The maximum atomic E-state index is 12.2. The number of hydrogen-bond acceptors (Lipinski definition) is 8. The zero-order valence-electron chi connectivity index (χ0n) is 14.3. The molecular formula is C16H20ClN5O3S. The third kappa shape index (κ3) is 4.24. The third-order valence-corrected chi connectivity index (χ3v) is 5.14. The van der Waals surface area contributed by atoms with Crippen LogP contribution in [-0.4, -0.2) is 72.5 Å². The number of halogens is 1. The molecule has 1 saturated heterocycles. The zero-order valence-corrected chi connectivity index (χ0v) is 15.9. The highest BCUT2D eigenvalue weighted by Gasteiger charge is 2.19. The predicted octanol–water partition coefficient (Wildman–Crippen LogP) is 1.54. The van der Waals surface area contributed by atoms with Crippen molar-refractivity contribution in [2.75, 3.05) is 51.9 Å². The van der Waals surface area contributed by atoms with E-state index in [0.29, 0.717) is 17.4 Å². The molecule has 140 valence electrons. The van der Waals surface area contributed by atoms with Gasteiger partial charge in [-0.2, -0.15) is 0 Å². The number of rotatable bonds is 4. The van der Waals surface area contributed by atoms with E-state index >= 15 is 0 Å². The number of amides is 1. The molecule has 1 fully saturated rings. The van der Waals surface area contributed by atoms with E-state index in [2.05, 4.69) is 32.4 Å². The van der Waals surface area contributed by atoms with Crippen LogP contribution in [0.1, 0.15) is 0 Å². The third-order valence-electron chi connectivity index (χ3n) is 4.25. The number of likely N-dealkylation sites (N-methyl/N-ethyl adjacent to an activating group) is 1. The second-order valence-electron chi connectivity index (χ2n) is 6.11. The highest BCUT2D eigenvalue weighted by atomic mass is 35.5. The number of carbonyl (C=O) groups excluding carboxylic acids is 1. The van der Waals surface area contributed by atoms with Gasteiger partial charge < -0.3 is 14.4 Å². The van der Waals surface area contributed by atoms with E-state index in [1.165, 1.54) is 11.3 Å². The molecule has 3 heterocycles. The summed E-state index contributed by atoms with van der Waals surface area (Å²) < 4.78 is 10.7. The van der Waals surface area contributed by atoms with Crippen molar-refractivity contribution in [3.63, 3.8) is 0 Å². The average Bonchev–Trinajstić information content (AvgIpc) is 3.25. The Bertz CT molecular complexity index is 779. The topological polar surface area (TPSA) is 79.8 Å². The molecule has 0 radical (unpaired) electrons. The van der Waals surface area contributed by atoms with Gasteiger partial charge in [0.25, 0.3) is 0 Å². The monoisotopic (exact) mass is 397 g/mol. The molecule has 0 atom stereocenters. The molecule has 10 heteroatoms. The summed E-state index contributed by atoms with van der Waals surface area (Å²) >= 11 is 1.34. The fourth-order valence-electron chi connectivity index (χ4n) is 2.79. The number of aromatic nitrogens is 2. The number of ether oxygens (including phenoxy) is 2. The molecule has 0 unspecified atom stereocenters. The second kappa shape index (κ2) is 8.17. The highest BCUT2D eigenvalue weighted by molar-refractivity contribution is 7.18. The van der Waals surface area contributed by atoms with Crippen LogP contribution in [-0.2, 0) is 4.79 Å². The number of piperazine rings is 1. The maximum absolute atomic E-state index is 12.2. The number of benzene rings is 1. The lowest BCUT2D eigenvalue weighted by Crippen LogP contribution is -2.47. The van der Waals surface area contributed by atoms with Crippen molar-refractivity contribution in [2.45, 2.75) is 0 Å². The first-order valence-corrected chi connectivity index (χ1v) is 8.93. The molecule has 0 bridgehead atoms. The van der Waals surface area contributed by atoms with Crippen LogP contribution in [0.2, 0.25) is 0 Å². The van der Waals surface area contributed by atoms with Crippen molar-refractivity contribution in [3.8, 4) is 22.1 Å². The molecule has 1 aromatic carbocycles. The van der Waals surface area contributed by atoms with Crippen molar-refractivity contribution in [3.05, 3.63) is 18.2 Å². The normalized spacial score (nSPS) is 17.0. The number of carbonyl (C=O) groups is 1. The molecule has 1 N–H and O–H groups in total. The van der Waals surface area contributed by atoms with E-state index in [0.717, 1.165) is 42.5 Å². The molecule has 0 saturated carbocycles. The molecule has 8 nitrogen and oxygen atoms in total. The van der Waals surface area contributed by atoms with Crippen LogP contribution in [0.25, 0.3) is 10.6 Å². The molecule has 4 rings (SSSR count). The fraction of sp³-hybridized carbons (Fsp3) is 0.438. The van der Waals surface area contributed by atoms with E-state index in [1.54, 1.807) is 0 Å². The second-order valence-corrected chi connectivity index (χ2v) is 7.09. The summed E-state index contributed by atoms with van der Waals surface area (Å²) in [5.74, 6) is 1.38. The first-order valence-electron chi connectivity index (χ1n) is 8.12. The Morgan fingerprint density at radius 2 is 1.96 bits per heavy atom. The van der Waals surface area contributed by atoms with Crippen LogP contribution >= 0.6 is 23.7 Å². The molecule has 0 aliphatic carbocycles. The number of nitrogens with one attached hydrogen (secondary N) is 1.